The minimum Gasteiger partial charge on any atom is -0.325 e. The van der Waals surface area contributed by atoms with E-state index in [0.29, 0.717) is 32.5 Å². The van der Waals surface area contributed by atoms with Gasteiger partial charge in [-0.05, 0) is 69.7 Å². The van der Waals surface area contributed by atoms with Gasteiger partial charge in [-0.2, -0.15) is 0 Å². The molecule has 2 aromatic rings. The Morgan fingerprint density at radius 2 is 1.93 bits per heavy atom. The predicted molar refractivity (Wildman–Crippen MR) is 114 cm³/mol. The number of halogens is 2. The SMILES string of the molecule is O=C(CN1C(=O)S/C(=C\c2ccc(Br)c([N+](=O)[O-])c2)C1=O)Nc1ccc(Cl)cc1. The number of nitrogens with one attached hydrogen (secondary N) is 1. The molecule has 0 saturated carbocycles. The summed E-state index contributed by atoms with van der Waals surface area (Å²) in [7, 11) is 0. The third kappa shape index (κ3) is 5.03. The van der Waals surface area contributed by atoms with Gasteiger partial charge in [-0.25, -0.2) is 0 Å². The van der Waals surface area contributed by atoms with E-state index in [0.717, 1.165) is 4.90 Å². The number of nitrogens with zero attached hydrogens (tertiary/aromatic N) is 2. The Morgan fingerprint density at radius 3 is 2.59 bits per heavy atom. The van der Waals surface area contributed by atoms with Crippen molar-refractivity contribution in [2.24, 2.45) is 0 Å². The monoisotopic (exact) mass is 495 g/mol. The van der Waals surface area contributed by atoms with Crippen molar-refractivity contribution in [2.75, 3.05) is 11.9 Å². The van der Waals surface area contributed by atoms with Crippen molar-refractivity contribution in [2.45, 2.75) is 0 Å². The molecule has 0 aromatic heterocycles. The van der Waals surface area contributed by atoms with Crippen molar-refractivity contribution >= 4 is 73.8 Å². The molecule has 0 radical (unpaired) electrons. The molecule has 0 unspecified atom stereocenters. The van der Waals surface area contributed by atoms with E-state index < -0.39 is 28.5 Å². The van der Waals surface area contributed by atoms with Crippen LogP contribution in [0.1, 0.15) is 5.56 Å². The molecule has 1 heterocycles. The number of carbonyl (C=O) groups is 3. The van der Waals surface area contributed by atoms with Crippen molar-refractivity contribution in [1.29, 1.82) is 0 Å². The van der Waals surface area contributed by atoms with Crippen molar-refractivity contribution in [3.63, 3.8) is 0 Å². The normalized spacial score (nSPS) is 15.1. The van der Waals surface area contributed by atoms with Gasteiger partial charge in [0.1, 0.15) is 6.54 Å². The number of nitro benzene ring substituents is 1. The van der Waals surface area contributed by atoms with Gasteiger partial charge in [-0.15, -0.1) is 0 Å². The molecule has 148 valence electrons. The van der Waals surface area contributed by atoms with Crippen LogP contribution in [0.2, 0.25) is 5.02 Å². The highest BCUT2D eigenvalue weighted by Crippen LogP contribution is 2.33. The first-order chi connectivity index (χ1) is 13.7. The second-order valence-electron chi connectivity index (χ2n) is 5.79. The number of benzene rings is 2. The van der Waals surface area contributed by atoms with E-state index in [9.17, 15) is 24.5 Å². The summed E-state index contributed by atoms with van der Waals surface area (Å²) in [6, 6.07) is 10.7. The maximum atomic E-state index is 12.5. The van der Waals surface area contributed by atoms with Gasteiger partial charge in [0.05, 0.1) is 14.3 Å². The smallest absolute Gasteiger partial charge is 0.294 e. The highest BCUT2D eigenvalue weighted by Gasteiger charge is 2.36. The Balaban J connectivity index is 1.73. The number of hydrogen-bond donors (Lipinski definition) is 1. The second kappa shape index (κ2) is 8.76. The molecule has 0 bridgehead atoms. The number of imide groups is 1. The fourth-order valence-corrected chi connectivity index (χ4v) is 3.78. The van der Waals surface area contributed by atoms with Gasteiger partial charge in [-0.3, -0.25) is 29.4 Å². The van der Waals surface area contributed by atoms with E-state index in [1.165, 1.54) is 18.2 Å². The number of amides is 3. The van der Waals surface area contributed by atoms with Crippen LogP contribution < -0.4 is 5.32 Å². The van der Waals surface area contributed by atoms with Crippen LogP contribution in [-0.4, -0.2) is 33.4 Å². The third-order valence-corrected chi connectivity index (χ3v) is 5.60. The Morgan fingerprint density at radius 1 is 1.24 bits per heavy atom. The summed E-state index contributed by atoms with van der Waals surface area (Å²) in [4.78, 5) is 48.2. The highest BCUT2D eigenvalue weighted by atomic mass is 79.9. The van der Waals surface area contributed by atoms with E-state index in [1.807, 2.05) is 0 Å². The summed E-state index contributed by atoms with van der Waals surface area (Å²) in [5.74, 6) is -1.19. The molecular formula is C18H11BrClN3O5S. The average molecular weight is 497 g/mol. The lowest BCUT2D eigenvalue weighted by molar-refractivity contribution is -0.385. The molecular weight excluding hydrogens is 486 g/mol. The van der Waals surface area contributed by atoms with Gasteiger partial charge in [-0.1, -0.05) is 17.7 Å². The fraction of sp³-hybridized carbons (Fsp3) is 0.0556. The standard InChI is InChI=1S/C18H11BrClN3O5S/c19-13-6-1-10(7-14(13)23(27)28)8-15-17(25)22(18(26)29-15)9-16(24)21-12-4-2-11(20)3-5-12/h1-8H,9H2,(H,21,24)/b15-8-. The van der Waals surface area contributed by atoms with Gasteiger partial charge >= 0.3 is 0 Å². The van der Waals surface area contributed by atoms with Crippen LogP contribution in [0.25, 0.3) is 6.08 Å². The molecule has 2 aromatic carbocycles. The van der Waals surface area contributed by atoms with E-state index in [1.54, 1.807) is 30.3 Å². The van der Waals surface area contributed by atoms with E-state index in [2.05, 4.69) is 21.2 Å². The Labute approximate surface area is 182 Å². The van der Waals surface area contributed by atoms with Crippen molar-refractivity contribution in [1.82, 2.24) is 4.90 Å². The van der Waals surface area contributed by atoms with Gasteiger partial charge < -0.3 is 5.32 Å². The average Bonchev–Trinajstić information content (AvgIpc) is 2.92. The molecule has 1 saturated heterocycles. The number of anilines is 1. The van der Waals surface area contributed by atoms with Crippen LogP contribution >= 0.6 is 39.3 Å². The summed E-state index contributed by atoms with van der Waals surface area (Å²) < 4.78 is 0.298. The lowest BCUT2D eigenvalue weighted by Crippen LogP contribution is -2.36. The zero-order valence-corrected chi connectivity index (χ0v) is 17.6. The molecule has 1 fully saturated rings. The van der Waals surface area contributed by atoms with Gasteiger partial charge in [0.15, 0.2) is 0 Å². The Hall–Kier alpha value is -2.69. The van der Waals surface area contributed by atoms with Gasteiger partial charge in [0.25, 0.3) is 16.8 Å². The minimum atomic E-state index is -0.642. The lowest BCUT2D eigenvalue weighted by atomic mass is 10.2. The molecule has 11 heteroatoms. The third-order valence-electron chi connectivity index (χ3n) is 3.77. The molecule has 0 atom stereocenters. The number of rotatable bonds is 5. The number of hydrogen-bond acceptors (Lipinski definition) is 6. The summed E-state index contributed by atoms with van der Waals surface area (Å²) in [6.07, 6.45) is 1.38. The quantitative estimate of drug-likeness (QED) is 0.365. The molecule has 3 rings (SSSR count). The van der Waals surface area contributed by atoms with Crippen LogP contribution in [0.4, 0.5) is 16.2 Å². The summed E-state index contributed by atoms with van der Waals surface area (Å²) >= 11 is 9.53. The van der Waals surface area contributed by atoms with E-state index in [4.69, 9.17) is 11.6 Å². The van der Waals surface area contributed by atoms with Crippen molar-refractivity contribution in [3.05, 3.63) is 72.5 Å². The predicted octanol–water partition coefficient (Wildman–Crippen LogP) is 4.69. The van der Waals surface area contributed by atoms with Crippen molar-refractivity contribution in [3.8, 4) is 0 Å². The second-order valence-corrected chi connectivity index (χ2v) is 8.07. The molecule has 8 nitrogen and oxygen atoms in total. The lowest BCUT2D eigenvalue weighted by Gasteiger charge is -2.12. The summed E-state index contributed by atoms with van der Waals surface area (Å²) in [5.41, 5.74) is 0.695. The highest BCUT2D eigenvalue weighted by molar-refractivity contribution is 9.10. The zero-order valence-electron chi connectivity index (χ0n) is 14.4. The molecule has 29 heavy (non-hydrogen) atoms. The maximum Gasteiger partial charge on any atom is 0.294 e. The Bertz CT molecular complexity index is 1060. The van der Waals surface area contributed by atoms with E-state index in [-0.39, 0.29) is 10.6 Å². The Kier molecular flexibility index (Phi) is 6.36. The van der Waals surface area contributed by atoms with Crippen LogP contribution in [0.3, 0.4) is 0 Å². The largest absolute Gasteiger partial charge is 0.325 e. The summed E-state index contributed by atoms with van der Waals surface area (Å²) in [5, 5.41) is 13.5. The minimum absolute atomic E-state index is 0.0749. The van der Waals surface area contributed by atoms with Crippen LogP contribution in [0.15, 0.2) is 51.8 Å². The summed E-state index contributed by atoms with van der Waals surface area (Å²) in [6.45, 7) is -0.453. The molecule has 1 aliphatic rings. The van der Waals surface area contributed by atoms with Crippen molar-refractivity contribution < 1.29 is 19.3 Å². The zero-order chi connectivity index (χ0) is 21.1. The van der Waals surface area contributed by atoms with E-state index >= 15 is 0 Å². The number of nitro groups is 1. The van der Waals surface area contributed by atoms with Gasteiger partial charge in [0, 0.05) is 16.8 Å². The van der Waals surface area contributed by atoms with Crippen LogP contribution in [-0.2, 0) is 9.59 Å². The van der Waals surface area contributed by atoms with Crippen LogP contribution in [0, 0.1) is 10.1 Å². The first-order valence-corrected chi connectivity index (χ1v) is 9.98. The molecule has 0 aliphatic carbocycles. The number of carbonyl (C=O) groups excluding carboxylic acids is 3. The molecule has 1 aliphatic heterocycles. The molecule has 3 amide bonds. The number of thioether (sulfide) groups is 1. The first kappa shape index (κ1) is 21.0. The fourth-order valence-electron chi connectivity index (χ4n) is 2.42. The molecule has 1 N–H and O–H groups in total. The van der Waals surface area contributed by atoms with Gasteiger partial charge in [0.2, 0.25) is 5.91 Å². The van der Waals surface area contributed by atoms with Crippen LogP contribution in [0.5, 0.6) is 0 Å². The topological polar surface area (TPSA) is 110 Å². The maximum absolute atomic E-state index is 12.5. The molecule has 0 spiro atoms. The first-order valence-electron chi connectivity index (χ1n) is 7.99.